The van der Waals surface area contributed by atoms with Gasteiger partial charge in [-0.3, -0.25) is 20.2 Å². The Morgan fingerprint density at radius 3 is 2.52 bits per heavy atom. The molecule has 1 aliphatic rings. The van der Waals surface area contributed by atoms with Crippen LogP contribution in [-0.4, -0.2) is 15.9 Å². The van der Waals surface area contributed by atoms with Crippen molar-refractivity contribution in [3.05, 3.63) is 44.0 Å². The van der Waals surface area contributed by atoms with Crippen LogP contribution in [0, 0.1) is 26.1 Å². The van der Waals surface area contributed by atoms with Gasteiger partial charge in [-0.25, -0.2) is 0 Å². The molecule has 0 amide bonds. The Hall–Kier alpha value is -2.02. The van der Waals surface area contributed by atoms with Crippen LogP contribution in [0.3, 0.4) is 0 Å². The molecule has 0 spiro atoms. The van der Waals surface area contributed by atoms with Gasteiger partial charge >= 0.3 is 0 Å². The van der Waals surface area contributed by atoms with E-state index in [0.29, 0.717) is 24.1 Å². The van der Waals surface area contributed by atoms with Crippen LogP contribution < -0.4 is 5.32 Å². The molecule has 7 heteroatoms. The number of nitrogens with zero attached hydrogens (tertiary/aromatic N) is 2. The molecule has 7 nitrogen and oxygen atoms in total. The van der Waals surface area contributed by atoms with Gasteiger partial charge in [-0.15, -0.1) is 0 Å². The summed E-state index contributed by atoms with van der Waals surface area (Å²) in [6.45, 7) is 2.55. The summed E-state index contributed by atoms with van der Waals surface area (Å²) in [7, 11) is 0. The number of nitro groups is 2. The van der Waals surface area contributed by atoms with E-state index in [2.05, 4.69) is 12.2 Å². The van der Waals surface area contributed by atoms with E-state index < -0.39 is 9.85 Å². The van der Waals surface area contributed by atoms with Gasteiger partial charge in [0.05, 0.1) is 15.9 Å². The van der Waals surface area contributed by atoms with Crippen LogP contribution in [0.25, 0.3) is 0 Å². The Balaban J connectivity index is 2.11. The highest BCUT2D eigenvalue weighted by atomic mass is 16.6. The molecule has 2 unspecified atom stereocenters. The van der Waals surface area contributed by atoms with E-state index >= 15 is 0 Å². The van der Waals surface area contributed by atoms with E-state index in [9.17, 15) is 20.2 Å². The monoisotopic (exact) mass is 293 g/mol. The van der Waals surface area contributed by atoms with Gasteiger partial charge in [0.2, 0.25) is 0 Å². The van der Waals surface area contributed by atoms with Crippen LogP contribution in [0.2, 0.25) is 0 Å². The molecule has 2 atom stereocenters. The van der Waals surface area contributed by atoms with Gasteiger partial charge in [0.25, 0.3) is 11.4 Å². The summed E-state index contributed by atoms with van der Waals surface area (Å²) < 4.78 is 0. The van der Waals surface area contributed by atoms with Crippen LogP contribution in [0.1, 0.15) is 38.2 Å². The average Bonchev–Trinajstić information content (AvgIpc) is 2.46. The third-order valence-electron chi connectivity index (χ3n) is 4.14. The smallest absolute Gasteiger partial charge is 0.280 e. The lowest BCUT2D eigenvalue weighted by Gasteiger charge is -2.29. The van der Waals surface area contributed by atoms with Gasteiger partial charge < -0.3 is 5.32 Å². The highest BCUT2D eigenvalue weighted by molar-refractivity contribution is 5.49. The number of nitro benzene ring substituents is 2. The fourth-order valence-corrected chi connectivity index (χ4v) is 2.85. The first-order chi connectivity index (χ1) is 9.99. The van der Waals surface area contributed by atoms with E-state index in [4.69, 9.17) is 0 Å². The maximum absolute atomic E-state index is 11.1. The Labute approximate surface area is 122 Å². The van der Waals surface area contributed by atoms with E-state index in [1.165, 1.54) is 31.4 Å². The normalized spacial score (nSPS) is 22.0. The molecule has 1 aromatic carbocycles. The SMILES string of the molecule is CC1CCCCC1NCc1ccc([N+](=O)[O-])cc1[N+](=O)[O-]. The van der Waals surface area contributed by atoms with Crippen molar-refractivity contribution in [2.75, 3.05) is 0 Å². The molecule has 114 valence electrons. The lowest BCUT2D eigenvalue weighted by atomic mass is 9.86. The van der Waals surface area contributed by atoms with Crippen LogP contribution >= 0.6 is 0 Å². The van der Waals surface area contributed by atoms with Gasteiger partial charge in [0, 0.05) is 24.2 Å². The van der Waals surface area contributed by atoms with Crippen LogP contribution in [0.15, 0.2) is 18.2 Å². The van der Waals surface area contributed by atoms with E-state index in [1.54, 1.807) is 0 Å². The van der Waals surface area contributed by atoms with Crippen molar-refractivity contribution in [1.82, 2.24) is 5.32 Å². The van der Waals surface area contributed by atoms with Gasteiger partial charge in [-0.1, -0.05) is 19.8 Å². The van der Waals surface area contributed by atoms with Crippen LogP contribution in [0.4, 0.5) is 11.4 Å². The Morgan fingerprint density at radius 1 is 1.19 bits per heavy atom. The van der Waals surface area contributed by atoms with Crippen molar-refractivity contribution < 1.29 is 9.85 Å². The maximum Gasteiger partial charge on any atom is 0.280 e. The molecule has 1 N–H and O–H groups in total. The average molecular weight is 293 g/mol. The highest BCUT2D eigenvalue weighted by Crippen LogP contribution is 2.27. The maximum atomic E-state index is 11.1. The van der Waals surface area contributed by atoms with Gasteiger partial charge in [0.15, 0.2) is 0 Å². The zero-order valence-corrected chi connectivity index (χ0v) is 11.9. The van der Waals surface area contributed by atoms with Crippen LogP contribution in [0.5, 0.6) is 0 Å². The molecular formula is C14H19N3O4. The summed E-state index contributed by atoms with van der Waals surface area (Å²) in [5.41, 5.74) is 0.0417. The van der Waals surface area contributed by atoms with Crippen molar-refractivity contribution in [3.63, 3.8) is 0 Å². The molecule has 21 heavy (non-hydrogen) atoms. The predicted octanol–water partition coefficient (Wildman–Crippen LogP) is 3.17. The number of hydrogen-bond acceptors (Lipinski definition) is 5. The standard InChI is InChI=1S/C14H19N3O4/c1-10-4-2-3-5-13(10)15-9-11-6-7-12(16(18)19)8-14(11)17(20)21/h6-8,10,13,15H,2-5,9H2,1H3. The minimum Gasteiger partial charge on any atom is -0.309 e. The number of rotatable bonds is 5. The van der Waals surface area contributed by atoms with E-state index in [1.807, 2.05) is 0 Å². The fraction of sp³-hybridized carbons (Fsp3) is 0.571. The Bertz CT molecular complexity index is 547. The molecule has 0 bridgehead atoms. The summed E-state index contributed by atoms with van der Waals surface area (Å²) in [6, 6.07) is 4.17. The van der Waals surface area contributed by atoms with Crippen LogP contribution in [-0.2, 0) is 6.54 Å². The second-order valence-electron chi connectivity index (χ2n) is 5.58. The van der Waals surface area contributed by atoms with Crippen molar-refractivity contribution >= 4 is 11.4 Å². The van der Waals surface area contributed by atoms with Crippen molar-refractivity contribution in [3.8, 4) is 0 Å². The predicted molar refractivity (Wildman–Crippen MR) is 78.0 cm³/mol. The number of benzene rings is 1. The first kappa shape index (κ1) is 15.4. The lowest BCUT2D eigenvalue weighted by molar-refractivity contribution is -0.394. The van der Waals surface area contributed by atoms with Crippen molar-refractivity contribution in [1.29, 1.82) is 0 Å². The van der Waals surface area contributed by atoms with Gasteiger partial charge in [-0.2, -0.15) is 0 Å². The summed E-state index contributed by atoms with van der Waals surface area (Å²) in [5.74, 6) is 0.552. The topological polar surface area (TPSA) is 98.3 Å². The third-order valence-corrected chi connectivity index (χ3v) is 4.14. The van der Waals surface area contributed by atoms with Crippen molar-refractivity contribution in [2.24, 2.45) is 5.92 Å². The molecule has 0 saturated heterocycles. The van der Waals surface area contributed by atoms with Gasteiger partial charge in [-0.05, 0) is 24.8 Å². The third kappa shape index (κ3) is 3.75. The van der Waals surface area contributed by atoms with Gasteiger partial charge in [0.1, 0.15) is 0 Å². The molecular weight excluding hydrogens is 274 g/mol. The van der Waals surface area contributed by atoms with Crippen molar-refractivity contribution in [2.45, 2.75) is 45.2 Å². The van der Waals surface area contributed by atoms with E-state index in [0.717, 1.165) is 12.5 Å². The summed E-state index contributed by atoms with van der Waals surface area (Å²) in [6.07, 6.45) is 4.64. The zero-order chi connectivity index (χ0) is 15.4. The fourth-order valence-electron chi connectivity index (χ4n) is 2.85. The van der Waals surface area contributed by atoms with E-state index in [-0.39, 0.29) is 11.4 Å². The Kier molecular flexibility index (Phi) is 4.85. The minimum atomic E-state index is -0.618. The summed E-state index contributed by atoms with van der Waals surface area (Å²) in [4.78, 5) is 20.6. The highest BCUT2D eigenvalue weighted by Gasteiger charge is 2.23. The molecule has 0 aliphatic heterocycles. The molecule has 0 heterocycles. The second kappa shape index (κ2) is 6.62. The first-order valence-corrected chi connectivity index (χ1v) is 7.14. The quantitative estimate of drug-likeness (QED) is 0.664. The number of hydrogen-bond donors (Lipinski definition) is 1. The summed E-state index contributed by atoms with van der Waals surface area (Å²) in [5, 5.41) is 25.1. The molecule has 1 aromatic rings. The Morgan fingerprint density at radius 2 is 1.90 bits per heavy atom. The molecule has 0 radical (unpaired) electrons. The zero-order valence-electron chi connectivity index (χ0n) is 11.9. The molecule has 1 saturated carbocycles. The summed E-state index contributed by atoms with van der Waals surface area (Å²) >= 11 is 0. The molecule has 2 rings (SSSR count). The largest absolute Gasteiger partial charge is 0.309 e. The lowest BCUT2D eigenvalue weighted by Crippen LogP contribution is -2.36. The molecule has 0 aromatic heterocycles. The minimum absolute atomic E-state index is 0.194. The number of nitrogens with one attached hydrogen (secondary N) is 1. The second-order valence-corrected chi connectivity index (χ2v) is 5.58. The molecule has 1 fully saturated rings. The first-order valence-electron chi connectivity index (χ1n) is 7.14. The number of non-ortho nitro benzene ring substituents is 1. The molecule has 1 aliphatic carbocycles.